The van der Waals surface area contributed by atoms with Crippen LogP contribution in [0.5, 0.6) is 0 Å². The first kappa shape index (κ1) is 18.4. The lowest BCUT2D eigenvalue weighted by molar-refractivity contribution is 0.570. The van der Waals surface area contributed by atoms with Crippen molar-refractivity contribution in [3.05, 3.63) is 64.2 Å². The lowest BCUT2D eigenvalue weighted by atomic mass is 10.2. The van der Waals surface area contributed by atoms with Crippen LogP contribution in [0, 0.1) is 12.7 Å². The van der Waals surface area contributed by atoms with Crippen molar-refractivity contribution < 1.29 is 12.8 Å². The first-order valence-electron chi connectivity index (χ1n) is 7.77. The van der Waals surface area contributed by atoms with Gasteiger partial charge in [-0.15, -0.1) is 22.7 Å². The van der Waals surface area contributed by atoms with E-state index in [-0.39, 0.29) is 5.02 Å². The summed E-state index contributed by atoms with van der Waals surface area (Å²) >= 11 is 8.44. The predicted molar refractivity (Wildman–Crippen MR) is 110 cm³/mol. The molecule has 1 N–H and O–H groups in total. The number of halogens is 2. The number of para-hydroxylation sites is 1. The highest BCUT2D eigenvalue weighted by Gasteiger charge is 2.24. The largest absolute Gasteiger partial charge is 0.270 e. The molecule has 0 aliphatic rings. The number of thiophene rings is 1. The maximum atomic E-state index is 14.2. The number of nitrogens with zero attached hydrogens (tertiary/aromatic N) is 1. The van der Waals surface area contributed by atoms with Gasteiger partial charge < -0.3 is 0 Å². The maximum absolute atomic E-state index is 14.2. The average Bonchev–Trinajstić information content (AvgIpc) is 3.19. The van der Waals surface area contributed by atoms with Crippen LogP contribution in [-0.4, -0.2) is 13.4 Å². The Morgan fingerprint density at radius 1 is 1.15 bits per heavy atom. The van der Waals surface area contributed by atoms with Crippen LogP contribution in [0.4, 0.5) is 9.39 Å². The fourth-order valence-electron chi connectivity index (χ4n) is 2.63. The zero-order valence-electron chi connectivity index (χ0n) is 13.9. The molecule has 0 radical (unpaired) electrons. The van der Waals surface area contributed by atoms with Gasteiger partial charge in [0, 0.05) is 5.56 Å². The van der Waals surface area contributed by atoms with E-state index in [4.69, 9.17) is 11.6 Å². The van der Waals surface area contributed by atoms with Gasteiger partial charge in [-0.3, -0.25) is 4.72 Å². The molecule has 0 atom stereocenters. The minimum absolute atomic E-state index is 0.244. The quantitative estimate of drug-likeness (QED) is 0.429. The molecule has 4 nitrogen and oxygen atoms in total. The second-order valence-corrected chi connectivity index (χ2v) is 9.74. The molecule has 27 heavy (non-hydrogen) atoms. The summed E-state index contributed by atoms with van der Waals surface area (Å²) < 4.78 is 43.2. The van der Waals surface area contributed by atoms with Crippen molar-refractivity contribution in [3.63, 3.8) is 0 Å². The zero-order valence-corrected chi connectivity index (χ0v) is 17.1. The van der Waals surface area contributed by atoms with Gasteiger partial charge in [-0.2, -0.15) is 0 Å². The lowest BCUT2D eigenvalue weighted by Gasteiger charge is -2.09. The molecule has 2 aromatic heterocycles. The molecule has 0 spiro atoms. The van der Waals surface area contributed by atoms with Crippen molar-refractivity contribution >= 4 is 59.5 Å². The Morgan fingerprint density at radius 3 is 2.70 bits per heavy atom. The summed E-state index contributed by atoms with van der Waals surface area (Å²) in [5.74, 6) is -0.971. The third kappa shape index (κ3) is 3.34. The van der Waals surface area contributed by atoms with Gasteiger partial charge in [0.15, 0.2) is 5.82 Å². The van der Waals surface area contributed by atoms with Crippen molar-refractivity contribution in [2.75, 3.05) is 4.72 Å². The number of rotatable bonds is 4. The third-order valence-corrected chi connectivity index (χ3v) is 7.77. The van der Waals surface area contributed by atoms with Gasteiger partial charge in [-0.25, -0.2) is 17.8 Å². The molecule has 138 valence electrons. The van der Waals surface area contributed by atoms with Gasteiger partial charge in [-0.1, -0.05) is 29.8 Å². The monoisotopic (exact) mass is 438 g/mol. The van der Waals surface area contributed by atoms with Gasteiger partial charge in [0.25, 0.3) is 10.0 Å². The Bertz CT molecular complexity index is 1230. The van der Waals surface area contributed by atoms with Crippen LogP contribution in [0.3, 0.4) is 0 Å². The third-order valence-electron chi connectivity index (χ3n) is 3.92. The minimum Gasteiger partial charge on any atom is -0.270 e. The molecule has 4 aromatic rings. The lowest BCUT2D eigenvalue weighted by Crippen LogP contribution is -2.14. The average molecular weight is 439 g/mol. The molecular weight excluding hydrogens is 427 g/mol. The molecule has 0 unspecified atom stereocenters. The van der Waals surface area contributed by atoms with Crippen LogP contribution in [0.15, 0.2) is 52.7 Å². The van der Waals surface area contributed by atoms with Crippen LogP contribution in [-0.2, 0) is 10.0 Å². The summed E-state index contributed by atoms with van der Waals surface area (Å²) in [7, 11) is -4.14. The Labute approximate surface area is 168 Å². The molecule has 0 bridgehead atoms. The summed E-state index contributed by atoms with van der Waals surface area (Å²) in [5.41, 5.74) is 2.44. The van der Waals surface area contributed by atoms with E-state index in [0.717, 1.165) is 15.8 Å². The van der Waals surface area contributed by atoms with Crippen molar-refractivity contribution in [1.29, 1.82) is 0 Å². The van der Waals surface area contributed by atoms with E-state index in [1.807, 2.05) is 36.6 Å². The van der Waals surface area contributed by atoms with E-state index >= 15 is 0 Å². The molecule has 9 heteroatoms. The Hall–Kier alpha value is -2.00. The Balaban J connectivity index is 1.79. The van der Waals surface area contributed by atoms with Crippen molar-refractivity contribution in [3.8, 4) is 10.6 Å². The SMILES string of the molecule is Cc1csc(NS(=O)(=O)c2cccc(Cl)c2F)c1-c1nc2ccccc2s1. The van der Waals surface area contributed by atoms with Gasteiger partial charge in [0.1, 0.15) is 14.9 Å². The molecule has 0 aliphatic carbocycles. The normalized spacial score (nSPS) is 11.8. The molecule has 0 fully saturated rings. The molecule has 0 aliphatic heterocycles. The van der Waals surface area contributed by atoms with E-state index in [1.54, 1.807) is 0 Å². The molecule has 4 rings (SSSR count). The highest BCUT2D eigenvalue weighted by Crippen LogP contribution is 2.41. The van der Waals surface area contributed by atoms with Crippen LogP contribution >= 0.6 is 34.3 Å². The number of anilines is 1. The van der Waals surface area contributed by atoms with E-state index < -0.39 is 20.7 Å². The summed E-state index contributed by atoms with van der Waals surface area (Å²) in [5, 5.41) is 2.70. The number of fused-ring (bicyclic) bond motifs is 1. The number of aromatic nitrogens is 1. The predicted octanol–water partition coefficient (Wildman–Crippen LogP) is 5.93. The highest BCUT2D eigenvalue weighted by molar-refractivity contribution is 7.93. The van der Waals surface area contributed by atoms with E-state index in [0.29, 0.717) is 15.6 Å². The van der Waals surface area contributed by atoms with Crippen LogP contribution in [0.1, 0.15) is 5.56 Å². The van der Waals surface area contributed by atoms with Crippen LogP contribution < -0.4 is 4.72 Å². The zero-order chi connectivity index (χ0) is 19.2. The smallest absolute Gasteiger partial charge is 0.265 e. The number of nitrogens with one attached hydrogen (secondary N) is 1. The standard InChI is InChI=1S/C18H12ClFN2O2S3/c1-10-9-25-18(15(10)17-21-12-6-2-3-7-13(12)26-17)22-27(23,24)14-8-4-5-11(19)16(14)20/h2-9,22H,1H3. The Morgan fingerprint density at radius 2 is 1.93 bits per heavy atom. The summed E-state index contributed by atoms with van der Waals surface area (Å²) in [6.07, 6.45) is 0. The van der Waals surface area contributed by atoms with Gasteiger partial charge >= 0.3 is 0 Å². The second kappa shape index (κ2) is 6.87. The highest BCUT2D eigenvalue weighted by atomic mass is 35.5. The number of aryl methyl sites for hydroxylation is 1. The van der Waals surface area contributed by atoms with E-state index in [9.17, 15) is 12.8 Å². The number of hydrogen-bond donors (Lipinski definition) is 1. The topological polar surface area (TPSA) is 59.1 Å². The number of thiazole rings is 1. The van der Waals surface area contributed by atoms with Crippen LogP contribution in [0.2, 0.25) is 5.02 Å². The summed E-state index contributed by atoms with van der Waals surface area (Å²) in [6, 6.07) is 11.6. The maximum Gasteiger partial charge on any atom is 0.265 e. The summed E-state index contributed by atoms with van der Waals surface area (Å²) in [4.78, 5) is 4.12. The fraction of sp³-hybridized carbons (Fsp3) is 0.0556. The van der Waals surface area contributed by atoms with Crippen molar-refractivity contribution in [2.24, 2.45) is 0 Å². The molecule has 2 heterocycles. The Kier molecular flexibility index (Phi) is 4.67. The van der Waals surface area contributed by atoms with Crippen molar-refractivity contribution in [1.82, 2.24) is 4.98 Å². The number of hydrogen-bond acceptors (Lipinski definition) is 5. The van der Waals surface area contributed by atoms with E-state index in [2.05, 4.69) is 9.71 Å². The van der Waals surface area contributed by atoms with Gasteiger partial charge in [-0.05, 0) is 42.1 Å². The second-order valence-electron chi connectivity index (χ2n) is 5.77. The minimum atomic E-state index is -4.14. The number of benzene rings is 2. The summed E-state index contributed by atoms with van der Waals surface area (Å²) in [6.45, 7) is 1.88. The first-order chi connectivity index (χ1) is 12.9. The molecule has 0 saturated heterocycles. The van der Waals surface area contributed by atoms with Gasteiger partial charge in [0.05, 0.1) is 15.2 Å². The molecule has 0 amide bonds. The molecule has 2 aromatic carbocycles. The van der Waals surface area contributed by atoms with Gasteiger partial charge in [0.2, 0.25) is 0 Å². The van der Waals surface area contributed by atoms with E-state index in [1.165, 1.54) is 40.9 Å². The fourth-order valence-corrected chi connectivity index (χ4v) is 6.38. The molecular formula is C18H12ClFN2O2S3. The van der Waals surface area contributed by atoms with Crippen LogP contribution in [0.25, 0.3) is 20.8 Å². The molecule has 0 saturated carbocycles. The van der Waals surface area contributed by atoms with Crippen molar-refractivity contribution in [2.45, 2.75) is 11.8 Å². The first-order valence-corrected chi connectivity index (χ1v) is 11.3. The number of sulfonamides is 1.